The predicted octanol–water partition coefficient (Wildman–Crippen LogP) is 4.09. The van der Waals surface area contributed by atoms with Gasteiger partial charge in [-0.1, -0.05) is 57.9 Å². The first kappa shape index (κ1) is 13.8. The molecule has 0 aliphatic carbocycles. The molecule has 0 heterocycles. The molecular weight excluding hydrogens is 219 g/mol. The van der Waals surface area contributed by atoms with E-state index in [4.69, 9.17) is 23.2 Å². The third kappa shape index (κ3) is 12.8. The topological polar surface area (TPSA) is 0 Å². The van der Waals surface area contributed by atoms with Crippen molar-refractivity contribution in [2.75, 3.05) is 0 Å². The molecule has 0 aromatic carbocycles. The van der Waals surface area contributed by atoms with Crippen molar-refractivity contribution in [1.29, 1.82) is 0 Å². The summed E-state index contributed by atoms with van der Waals surface area (Å²) in [7, 11) is -0.167. The largest absolute Gasteiger partial charge is 0.110 e. The van der Waals surface area contributed by atoms with E-state index in [0.29, 0.717) is 0 Å². The Morgan fingerprint density at radius 2 is 1.46 bits per heavy atom. The zero-order valence-corrected chi connectivity index (χ0v) is 11.6. The van der Waals surface area contributed by atoms with Crippen molar-refractivity contribution in [3.05, 3.63) is 0 Å². The molecule has 3 heteroatoms. The predicted molar refractivity (Wildman–Crippen MR) is 66.8 cm³/mol. The van der Waals surface area contributed by atoms with Crippen molar-refractivity contribution < 1.29 is 0 Å². The summed E-state index contributed by atoms with van der Waals surface area (Å²) < 4.78 is -0.0138. The van der Waals surface area contributed by atoms with Gasteiger partial charge in [-0.05, 0) is 0 Å². The van der Waals surface area contributed by atoms with Crippen molar-refractivity contribution in [2.24, 2.45) is 0 Å². The van der Waals surface area contributed by atoms with Crippen LogP contribution in [0.4, 0.5) is 0 Å². The molecular formula is C10H22Cl2Si. The fourth-order valence-corrected chi connectivity index (χ4v) is 3.31. The Labute approximate surface area is 95.2 Å². The van der Waals surface area contributed by atoms with E-state index in [9.17, 15) is 0 Å². The molecule has 0 nitrogen and oxygen atoms in total. The third-order valence-electron chi connectivity index (χ3n) is 2.28. The molecule has 0 amide bonds. The Balaban J connectivity index is 2.84. The highest BCUT2D eigenvalue weighted by Crippen LogP contribution is 2.10. The van der Waals surface area contributed by atoms with E-state index in [-0.39, 0.29) is 14.0 Å². The van der Waals surface area contributed by atoms with E-state index in [1.807, 2.05) is 0 Å². The van der Waals surface area contributed by atoms with Crippen LogP contribution in [0.1, 0.15) is 51.9 Å². The van der Waals surface area contributed by atoms with Gasteiger partial charge in [0.1, 0.15) is 0 Å². The molecule has 0 rings (SSSR count). The van der Waals surface area contributed by atoms with Crippen molar-refractivity contribution >= 4 is 32.7 Å². The molecule has 0 unspecified atom stereocenters. The van der Waals surface area contributed by atoms with Gasteiger partial charge in [-0.25, -0.2) is 0 Å². The second-order valence-electron chi connectivity index (χ2n) is 3.65. The summed E-state index contributed by atoms with van der Waals surface area (Å²) in [6.07, 6.45) is 9.73. The molecule has 0 aromatic rings. The second-order valence-corrected chi connectivity index (χ2v) is 8.07. The molecule has 0 saturated carbocycles. The van der Waals surface area contributed by atoms with E-state index >= 15 is 0 Å². The van der Waals surface area contributed by atoms with E-state index in [1.165, 1.54) is 51.0 Å². The molecule has 0 N–H and O–H groups in total. The van der Waals surface area contributed by atoms with E-state index in [2.05, 4.69) is 6.92 Å². The van der Waals surface area contributed by atoms with Gasteiger partial charge < -0.3 is 0 Å². The second kappa shape index (κ2) is 10.9. The van der Waals surface area contributed by atoms with Gasteiger partial charge in [0.25, 0.3) is 0 Å². The van der Waals surface area contributed by atoms with Gasteiger partial charge in [-0.2, -0.15) is 0 Å². The highest BCUT2D eigenvalue weighted by atomic mass is 35.5. The lowest BCUT2D eigenvalue weighted by Gasteiger charge is -2.01. The first-order valence-corrected chi connectivity index (χ1v) is 8.24. The van der Waals surface area contributed by atoms with Gasteiger partial charge in [-0.3, -0.25) is 0 Å². The Bertz CT molecular complexity index is 96.9. The van der Waals surface area contributed by atoms with Crippen LogP contribution in [0.25, 0.3) is 0 Å². The molecule has 0 radical (unpaired) electrons. The third-order valence-corrected chi connectivity index (χ3v) is 4.93. The molecule has 0 atom stereocenters. The molecule has 0 aliphatic rings. The van der Waals surface area contributed by atoms with Crippen LogP contribution in [0.5, 0.6) is 0 Å². The van der Waals surface area contributed by atoms with E-state index < -0.39 is 0 Å². The molecule has 0 saturated heterocycles. The van der Waals surface area contributed by atoms with Crippen LogP contribution in [0, 0.1) is 0 Å². The smallest absolute Gasteiger partial charge is 0.0908 e. The van der Waals surface area contributed by atoms with Gasteiger partial charge in [0.05, 0.1) is 14.0 Å². The highest BCUT2D eigenvalue weighted by Gasteiger charge is 1.98. The maximum Gasteiger partial charge on any atom is 0.0908 e. The number of rotatable bonds is 9. The number of hydrogen-bond donors (Lipinski definition) is 0. The number of halogens is 2. The summed E-state index contributed by atoms with van der Waals surface area (Å²) in [5, 5.41) is 0. The first-order chi connectivity index (χ1) is 6.27. The van der Waals surface area contributed by atoms with Gasteiger partial charge in [0.2, 0.25) is 0 Å². The van der Waals surface area contributed by atoms with E-state index in [0.717, 1.165) is 0 Å². The summed E-state index contributed by atoms with van der Waals surface area (Å²) in [6, 6.07) is 1.32. The quantitative estimate of drug-likeness (QED) is 0.324. The monoisotopic (exact) mass is 240 g/mol. The number of alkyl halides is 2. The van der Waals surface area contributed by atoms with Crippen LogP contribution >= 0.6 is 23.2 Å². The summed E-state index contributed by atoms with van der Waals surface area (Å²) in [5.74, 6) is 0. The molecule has 0 fully saturated rings. The zero-order chi connectivity index (χ0) is 9.94. The van der Waals surface area contributed by atoms with Gasteiger partial charge in [-0.15, -0.1) is 23.2 Å². The lowest BCUT2D eigenvalue weighted by atomic mass is 10.1. The van der Waals surface area contributed by atoms with E-state index in [1.54, 1.807) is 0 Å². The fourth-order valence-electron chi connectivity index (χ4n) is 1.43. The maximum atomic E-state index is 5.69. The van der Waals surface area contributed by atoms with Crippen molar-refractivity contribution in [3.8, 4) is 0 Å². The average Bonchev–Trinajstić information content (AvgIpc) is 2.09. The van der Waals surface area contributed by atoms with Crippen molar-refractivity contribution in [3.63, 3.8) is 0 Å². The molecule has 0 aromatic heterocycles. The first-order valence-electron chi connectivity index (χ1n) is 5.55. The van der Waals surface area contributed by atoms with Crippen molar-refractivity contribution in [1.82, 2.24) is 0 Å². The lowest BCUT2D eigenvalue weighted by molar-refractivity contribution is 0.601. The SMILES string of the molecule is CCCCCCCCC[SiH2]C(Cl)Cl. The zero-order valence-electron chi connectivity index (χ0n) is 8.70. The average molecular weight is 241 g/mol. The van der Waals surface area contributed by atoms with Crippen LogP contribution in [0.2, 0.25) is 6.04 Å². The standard InChI is InChI=1S/C10H22Cl2Si/c1-2-3-4-5-6-7-8-9-13-10(11)12/h10H,2-9,13H2,1H3. The normalized spacial score (nSPS) is 12.0. The highest BCUT2D eigenvalue weighted by molar-refractivity contribution is 6.68. The Hall–Kier alpha value is 0.797. The molecule has 0 aliphatic heterocycles. The van der Waals surface area contributed by atoms with Crippen LogP contribution in [-0.2, 0) is 0 Å². The minimum absolute atomic E-state index is 0.0138. The summed E-state index contributed by atoms with van der Waals surface area (Å²) >= 11 is 11.4. The maximum absolute atomic E-state index is 5.69. The Morgan fingerprint density at radius 1 is 0.923 bits per heavy atom. The summed E-state index contributed by atoms with van der Waals surface area (Å²) in [5.41, 5.74) is 0. The summed E-state index contributed by atoms with van der Waals surface area (Å²) in [4.78, 5) is 0. The fraction of sp³-hybridized carbons (Fsp3) is 1.00. The molecule has 0 spiro atoms. The number of unbranched alkanes of at least 4 members (excludes halogenated alkanes) is 6. The lowest BCUT2D eigenvalue weighted by Crippen LogP contribution is -1.99. The van der Waals surface area contributed by atoms with Gasteiger partial charge in [0.15, 0.2) is 0 Å². The van der Waals surface area contributed by atoms with Crippen LogP contribution in [-0.4, -0.2) is 14.0 Å². The minimum atomic E-state index is -0.167. The Morgan fingerprint density at radius 3 is 2.00 bits per heavy atom. The van der Waals surface area contributed by atoms with Crippen LogP contribution in [0.15, 0.2) is 0 Å². The van der Waals surface area contributed by atoms with Gasteiger partial charge >= 0.3 is 0 Å². The minimum Gasteiger partial charge on any atom is -0.110 e. The number of hydrogen-bond acceptors (Lipinski definition) is 0. The Kier molecular flexibility index (Phi) is 11.5. The van der Waals surface area contributed by atoms with Gasteiger partial charge in [0, 0.05) is 0 Å². The molecule has 80 valence electrons. The van der Waals surface area contributed by atoms with Crippen LogP contribution < -0.4 is 0 Å². The summed E-state index contributed by atoms with van der Waals surface area (Å²) in [6.45, 7) is 2.26. The molecule has 0 bridgehead atoms. The molecule has 13 heavy (non-hydrogen) atoms. The van der Waals surface area contributed by atoms with Crippen LogP contribution in [0.3, 0.4) is 0 Å². The van der Waals surface area contributed by atoms with Crippen molar-refractivity contribution in [2.45, 2.75) is 62.4 Å².